The molecule has 0 N–H and O–H groups in total. The Morgan fingerprint density at radius 2 is 2.27 bits per heavy atom. The zero-order chi connectivity index (χ0) is 14.9. The van der Waals surface area contributed by atoms with Crippen molar-refractivity contribution in [1.29, 1.82) is 0 Å². The van der Waals surface area contributed by atoms with Crippen LogP contribution >= 0.6 is 11.3 Å². The first-order chi connectivity index (χ1) is 10.8. The van der Waals surface area contributed by atoms with Crippen LogP contribution in [0.25, 0.3) is 4.96 Å². The van der Waals surface area contributed by atoms with Crippen molar-refractivity contribution >= 4 is 22.2 Å². The second-order valence-electron chi connectivity index (χ2n) is 5.48. The van der Waals surface area contributed by atoms with E-state index < -0.39 is 0 Å². The molecule has 3 aromatic rings. The molecule has 0 saturated carbocycles. The van der Waals surface area contributed by atoms with Crippen molar-refractivity contribution in [1.82, 2.24) is 19.3 Å². The van der Waals surface area contributed by atoms with Crippen LogP contribution in [-0.4, -0.2) is 31.7 Å². The van der Waals surface area contributed by atoms with E-state index in [0.29, 0.717) is 5.69 Å². The summed E-state index contributed by atoms with van der Waals surface area (Å²) in [5.74, 6) is 0.00579. The van der Waals surface area contributed by atoms with Gasteiger partial charge < -0.3 is 4.90 Å². The summed E-state index contributed by atoms with van der Waals surface area (Å²) >= 11 is 1.54. The highest BCUT2D eigenvalue weighted by atomic mass is 32.1. The molecule has 1 atom stereocenters. The molecule has 0 aliphatic carbocycles. The molecule has 1 fully saturated rings. The van der Waals surface area contributed by atoms with Gasteiger partial charge in [-0.1, -0.05) is 6.07 Å². The average Bonchev–Trinajstić information content (AvgIpc) is 3.17. The fraction of sp³-hybridized carbons (Fsp3) is 0.312. The number of nitrogens with zero attached hydrogens (tertiary/aromatic N) is 4. The van der Waals surface area contributed by atoms with Crippen LogP contribution < -0.4 is 0 Å². The molecule has 1 aliphatic heterocycles. The SMILES string of the molecule is O=C(c1cn2ccsc2n1)N1CCCC[C@@H]1c1ccccn1. The quantitative estimate of drug-likeness (QED) is 0.730. The number of carbonyl (C=O) groups excluding carboxylic acids is 1. The minimum Gasteiger partial charge on any atom is -0.329 e. The van der Waals surface area contributed by atoms with Gasteiger partial charge in [0.25, 0.3) is 5.91 Å². The van der Waals surface area contributed by atoms with Crippen molar-refractivity contribution in [2.75, 3.05) is 6.54 Å². The Morgan fingerprint density at radius 3 is 3.09 bits per heavy atom. The Bertz CT molecular complexity index is 766. The maximum atomic E-state index is 12.9. The molecule has 1 saturated heterocycles. The van der Waals surface area contributed by atoms with Gasteiger partial charge in [-0.05, 0) is 31.4 Å². The summed E-state index contributed by atoms with van der Waals surface area (Å²) in [5, 5.41) is 1.97. The summed E-state index contributed by atoms with van der Waals surface area (Å²) in [5.41, 5.74) is 1.49. The van der Waals surface area contributed by atoms with Crippen molar-refractivity contribution in [2.45, 2.75) is 25.3 Å². The molecule has 1 amide bonds. The van der Waals surface area contributed by atoms with Gasteiger partial charge in [0.15, 0.2) is 4.96 Å². The normalized spacial score (nSPS) is 18.7. The van der Waals surface area contributed by atoms with Gasteiger partial charge in [-0.25, -0.2) is 4.98 Å². The fourth-order valence-corrected chi connectivity index (χ4v) is 3.73. The lowest BCUT2D eigenvalue weighted by Crippen LogP contribution is -2.39. The van der Waals surface area contributed by atoms with E-state index >= 15 is 0 Å². The van der Waals surface area contributed by atoms with Crippen LogP contribution in [0.3, 0.4) is 0 Å². The summed E-state index contributed by atoms with van der Waals surface area (Å²) in [7, 11) is 0. The standard InChI is InChI=1S/C16H16N4OS/c21-15(13-11-19-9-10-22-16(19)18-13)20-8-4-2-6-14(20)12-5-1-3-7-17-12/h1,3,5,7,9-11,14H,2,4,6,8H2/t14-/m1/s1. The summed E-state index contributed by atoms with van der Waals surface area (Å²) in [6.07, 6.45) is 8.67. The Balaban J connectivity index is 1.66. The van der Waals surface area contributed by atoms with Gasteiger partial charge in [-0.3, -0.25) is 14.2 Å². The average molecular weight is 312 g/mol. The van der Waals surface area contributed by atoms with Crippen molar-refractivity contribution in [3.05, 3.63) is 53.6 Å². The topological polar surface area (TPSA) is 50.5 Å². The third-order valence-corrected chi connectivity index (χ3v) is 4.88. The zero-order valence-corrected chi connectivity index (χ0v) is 12.9. The Hall–Kier alpha value is -2.21. The largest absolute Gasteiger partial charge is 0.329 e. The molecular weight excluding hydrogens is 296 g/mol. The molecule has 0 spiro atoms. The molecule has 6 heteroatoms. The molecule has 112 valence electrons. The van der Waals surface area contributed by atoms with E-state index in [1.165, 1.54) is 11.3 Å². The van der Waals surface area contributed by atoms with Gasteiger partial charge in [-0.2, -0.15) is 0 Å². The summed E-state index contributed by atoms with van der Waals surface area (Å²) < 4.78 is 1.90. The van der Waals surface area contributed by atoms with E-state index in [2.05, 4.69) is 9.97 Å². The number of pyridine rings is 1. The molecule has 0 aromatic carbocycles. The summed E-state index contributed by atoms with van der Waals surface area (Å²) in [6, 6.07) is 5.94. The van der Waals surface area contributed by atoms with Crippen LogP contribution in [0.5, 0.6) is 0 Å². The van der Waals surface area contributed by atoms with Crippen LogP contribution in [-0.2, 0) is 0 Å². The molecule has 0 radical (unpaired) electrons. The number of thiazole rings is 1. The Kier molecular flexibility index (Phi) is 3.38. The van der Waals surface area contributed by atoms with Gasteiger partial charge in [0.05, 0.1) is 11.7 Å². The first kappa shape index (κ1) is 13.5. The highest BCUT2D eigenvalue weighted by molar-refractivity contribution is 7.15. The van der Waals surface area contributed by atoms with Crippen LogP contribution in [0.1, 0.15) is 41.5 Å². The first-order valence-corrected chi connectivity index (χ1v) is 8.35. The van der Waals surface area contributed by atoms with Gasteiger partial charge in [0.2, 0.25) is 0 Å². The number of carbonyl (C=O) groups is 1. The molecule has 0 unspecified atom stereocenters. The van der Waals surface area contributed by atoms with Crippen LogP contribution in [0.2, 0.25) is 0 Å². The second-order valence-corrected chi connectivity index (χ2v) is 6.36. The summed E-state index contributed by atoms with van der Waals surface area (Å²) in [4.78, 5) is 24.6. The fourth-order valence-electron chi connectivity index (χ4n) is 3.03. The summed E-state index contributed by atoms with van der Waals surface area (Å²) in [6.45, 7) is 0.769. The highest BCUT2D eigenvalue weighted by Crippen LogP contribution is 2.31. The molecule has 4 rings (SSSR count). The van der Waals surface area contributed by atoms with Gasteiger partial charge >= 0.3 is 0 Å². The molecule has 0 bridgehead atoms. The van der Waals surface area contributed by atoms with Crippen LogP contribution in [0.15, 0.2) is 42.2 Å². The predicted molar refractivity (Wildman–Crippen MR) is 84.9 cm³/mol. The molecule has 3 aromatic heterocycles. The second kappa shape index (κ2) is 5.53. The van der Waals surface area contributed by atoms with Crippen LogP contribution in [0, 0.1) is 0 Å². The minimum atomic E-state index is 0.00579. The Morgan fingerprint density at radius 1 is 1.32 bits per heavy atom. The number of hydrogen-bond donors (Lipinski definition) is 0. The monoisotopic (exact) mass is 312 g/mol. The maximum absolute atomic E-state index is 12.9. The highest BCUT2D eigenvalue weighted by Gasteiger charge is 2.30. The number of aromatic nitrogens is 3. The number of imidazole rings is 1. The number of piperidine rings is 1. The van der Waals surface area contributed by atoms with Crippen molar-refractivity contribution in [3.63, 3.8) is 0 Å². The smallest absolute Gasteiger partial charge is 0.274 e. The zero-order valence-electron chi connectivity index (χ0n) is 12.1. The van der Waals surface area contributed by atoms with E-state index in [-0.39, 0.29) is 11.9 Å². The van der Waals surface area contributed by atoms with E-state index in [4.69, 9.17) is 0 Å². The lowest BCUT2D eigenvalue weighted by molar-refractivity contribution is 0.0600. The van der Waals surface area contributed by atoms with E-state index in [9.17, 15) is 4.79 Å². The lowest BCUT2D eigenvalue weighted by atomic mass is 9.98. The van der Waals surface area contributed by atoms with Gasteiger partial charge in [0, 0.05) is 30.5 Å². The van der Waals surface area contributed by atoms with E-state index in [0.717, 1.165) is 36.5 Å². The van der Waals surface area contributed by atoms with Crippen molar-refractivity contribution in [3.8, 4) is 0 Å². The van der Waals surface area contributed by atoms with E-state index in [1.807, 2.05) is 45.3 Å². The van der Waals surface area contributed by atoms with Crippen molar-refractivity contribution < 1.29 is 4.79 Å². The third kappa shape index (κ3) is 2.29. The molecular formula is C16H16N4OS. The Labute approximate surface area is 132 Å². The van der Waals surface area contributed by atoms with Crippen molar-refractivity contribution in [2.24, 2.45) is 0 Å². The first-order valence-electron chi connectivity index (χ1n) is 7.47. The third-order valence-electron chi connectivity index (χ3n) is 4.11. The van der Waals surface area contributed by atoms with Gasteiger partial charge in [-0.15, -0.1) is 11.3 Å². The number of likely N-dealkylation sites (tertiary alicyclic amines) is 1. The number of rotatable bonds is 2. The lowest BCUT2D eigenvalue weighted by Gasteiger charge is -2.34. The van der Waals surface area contributed by atoms with Gasteiger partial charge in [0.1, 0.15) is 5.69 Å². The maximum Gasteiger partial charge on any atom is 0.274 e. The number of fused-ring (bicyclic) bond motifs is 1. The molecule has 5 nitrogen and oxygen atoms in total. The molecule has 4 heterocycles. The number of hydrogen-bond acceptors (Lipinski definition) is 4. The van der Waals surface area contributed by atoms with E-state index in [1.54, 1.807) is 6.20 Å². The van der Waals surface area contributed by atoms with Crippen LogP contribution in [0.4, 0.5) is 0 Å². The molecule has 1 aliphatic rings. The number of amides is 1. The predicted octanol–water partition coefficient (Wildman–Crippen LogP) is 3.16. The minimum absolute atomic E-state index is 0.00579. The molecule has 22 heavy (non-hydrogen) atoms.